The minimum Gasteiger partial charge on any atom is -0.504 e. The molecule has 0 aliphatic heterocycles. The fourth-order valence-electron chi connectivity index (χ4n) is 1.34. The van der Waals surface area contributed by atoms with Crippen LogP contribution in [-0.2, 0) is 0 Å². The zero-order valence-corrected chi connectivity index (χ0v) is 9.28. The first-order valence-electron chi connectivity index (χ1n) is 4.89. The Labute approximate surface area is 89.6 Å². The Kier molecular flexibility index (Phi) is 3.80. The summed E-state index contributed by atoms with van der Waals surface area (Å²) in [6.07, 6.45) is 0. The second kappa shape index (κ2) is 4.89. The van der Waals surface area contributed by atoms with Crippen molar-refractivity contribution < 1.29 is 14.6 Å². The summed E-state index contributed by atoms with van der Waals surface area (Å²) in [6.45, 7) is 4.23. The molecule has 1 aromatic carbocycles. The maximum atomic E-state index is 9.69. The van der Waals surface area contributed by atoms with Gasteiger partial charge in [-0.15, -0.1) is 0 Å². The van der Waals surface area contributed by atoms with E-state index in [1.807, 2.05) is 13.8 Å². The Morgan fingerprint density at radius 3 is 2.60 bits per heavy atom. The van der Waals surface area contributed by atoms with Gasteiger partial charge in [-0.2, -0.15) is 0 Å². The number of rotatable bonds is 4. The van der Waals surface area contributed by atoms with Gasteiger partial charge in [-0.25, -0.2) is 0 Å². The zero-order valence-electron chi connectivity index (χ0n) is 9.28. The van der Waals surface area contributed by atoms with Gasteiger partial charge in [0.1, 0.15) is 0 Å². The van der Waals surface area contributed by atoms with Crippen LogP contribution >= 0.6 is 0 Å². The van der Waals surface area contributed by atoms with Crippen LogP contribution in [0, 0.1) is 0 Å². The summed E-state index contributed by atoms with van der Waals surface area (Å²) >= 11 is 0. The monoisotopic (exact) mass is 211 g/mol. The largest absolute Gasteiger partial charge is 0.504 e. The normalized spacial score (nSPS) is 12.3. The van der Waals surface area contributed by atoms with Crippen LogP contribution in [0.25, 0.3) is 0 Å². The molecular weight excluding hydrogens is 194 g/mol. The van der Waals surface area contributed by atoms with Crippen molar-refractivity contribution in [1.29, 1.82) is 0 Å². The number of nitrogens with two attached hydrogens (primary N) is 1. The lowest BCUT2D eigenvalue weighted by atomic mass is 10.1. The van der Waals surface area contributed by atoms with Crippen molar-refractivity contribution >= 4 is 0 Å². The minimum absolute atomic E-state index is 0.0516. The summed E-state index contributed by atoms with van der Waals surface area (Å²) in [6, 6.07) is 3.22. The first-order chi connectivity index (χ1) is 7.10. The molecular formula is C11H17NO3. The predicted octanol–water partition coefficient (Wildman–Crippen LogP) is 1.82. The highest BCUT2D eigenvalue weighted by Crippen LogP contribution is 2.38. The lowest BCUT2D eigenvalue weighted by Crippen LogP contribution is -2.06. The van der Waals surface area contributed by atoms with Crippen LogP contribution in [0.3, 0.4) is 0 Å². The Hall–Kier alpha value is -1.42. The molecule has 4 nitrogen and oxygen atoms in total. The van der Waals surface area contributed by atoms with Crippen molar-refractivity contribution in [2.75, 3.05) is 13.7 Å². The van der Waals surface area contributed by atoms with Gasteiger partial charge < -0.3 is 20.3 Å². The second-order valence-corrected chi connectivity index (χ2v) is 3.29. The molecule has 0 amide bonds. The number of hydrogen-bond donors (Lipinski definition) is 2. The molecule has 1 rings (SSSR count). The molecule has 1 aromatic rings. The maximum Gasteiger partial charge on any atom is 0.203 e. The first kappa shape index (κ1) is 11.7. The fourth-order valence-corrected chi connectivity index (χ4v) is 1.34. The number of phenols is 1. The highest BCUT2D eigenvalue weighted by atomic mass is 16.5. The molecule has 84 valence electrons. The third-order valence-electron chi connectivity index (χ3n) is 2.09. The summed E-state index contributed by atoms with van der Waals surface area (Å²) < 4.78 is 10.4. The van der Waals surface area contributed by atoms with E-state index in [0.717, 1.165) is 5.56 Å². The van der Waals surface area contributed by atoms with Gasteiger partial charge in [-0.05, 0) is 31.5 Å². The molecule has 1 atom stereocenters. The molecule has 0 saturated carbocycles. The average molecular weight is 211 g/mol. The van der Waals surface area contributed by atoms with Gasteiger partial charge in [0.2, 0.25) is 5.75 Å². The van der Waals surface area contributed by atoms with Crippen molar-refractivity contribution in [3.05, 3.63) is 17.7 Å². The van der Waals surface area contributed by atoms with E-state index in [9.17, 15) is 5.11 Å². The van der Waals surface area contributed by atoms with Crippen molar-refractivity contribution in [3.8, 4) is 17.2 Å². The summed E-state index contributed by atoms with van der Waals surface area (Å²) in [5, 5.41) is 9.69. The number of phenolic OH excluding ortho intramolecular Hbond substituents is 1. The molecule has 0 bridgehead atoms. The van der Waals surface area contributed by atoms with E-state index in [0.29, 0.717) is 18.1 Å². The number of aromatic hydroxyl groups is 1. The number of ether oxygens (including phenoxy) is 2. The molecule has 3 N–H and O–H groups in total. The van der Waals surface area contributed by atoms with Crippen LogP contribution in [0.15, 0.2) is 12.1 Å². The first-order valence-corrected chi connectivity index (χ1v) is 4.89. The molecule has 0 fully saturated rings. The predicted molar refractivity (Wildman–Crippen MR) is 58.4 cm³/mol. The van der Waals surface area contributed by atoms with Crippen LogP contribution in [0.1, 0.15) is 25.5 Å². The highest BCUT2D eigenvalue weighted by molar-refractivity contribution is 5.53. The molecule has 0 radical (unpaired) electrons. The Balaban J connectivity index is 3.19. The summed E-state index contributed by atoms with van der Waals surface area (Å²) in [4.78, 5) is 0. The molecule has 4 heteroatoms. The van der Waals surface area contributed by atoms with Crippen molar-refractivity contribution in [3.63, 3.8) is 0 Å². The van der Waals surface area contributed by atoms with Gasteiger partial charge >= 0.3 is 0 Å². The number of methoxy groups -OCH3 is 1. The smallest absolute Gasteiger partial charge is 0.203 e. The van der Waals surface area contributed by atoms with Gasteiger partial charge in [0.25, 0.3) is 0 Å². The summed E-state index contributed by atoms with van der Waals surface area (Å²) in [5.74, 6) is 0.921. The lowest BCUT2D eigenvalue weighted by molar-refractivity contribution is 0.299. The topological polar surface area (TPSA) is 64.7 Å². The third-order valence-corrected chi connectivity index (χ3v) is 2.09. The Morgan fingerprint density at radius 1 is 1.47 bits per heavy atom. The van der Waals surface area contributed by atoms with Crippen LogP contribution in [0.2, 0.25) is 0 Å². The highest BCUT2D eigenvalue weighted by Gasteiger charge is 2.13. The van der Waals surface area contributed by atoms with Gasteiger partial charge in [0.05, 0.1) is 13.7 Å². The van der Waals surface area contributed by atoms with Gasteiger partial charge in [-0.3, -0.25) is 0 Å². The molecule has 0 spiro atoms. The quantitative estimate of drug-likeness (QED) is 0.797. The van der Waals surface area contributed by atoms with Gasteiger partial charge in [-0.1, -0.05) is 0 Å². The molecule has 0 heterocycles. The maximum absolute atomic E-state index is 9.69. The van der Waals surface area contributed by atoms with E-state index in [1.54, 1.807) is 12.1 Å². The van der Waals surface area contributed by atoms with E-state index in [2.05, 4.69) is 0 Å². The third kappa shape index (κ3) is 2.53. The van der Waals surface area contributed by atoms with E-state index in [-0.39, 0.29) is 11.8 Å². The molecule has 15 heavy (non-hydrogen) atoms. The van der Waals surface area contributed by atoms with E-state index in [4.69, 9.17) is 15.2 Å². The number of hydrogen-bond acceptors (Lipinski definition) is 4. The minimum atomic E-state index is -0.152. The van der Waals surface area contributed by atoms with Crippen LogP contribution in [0.5, 0.6) is 17.2 Å². The van der Waals surface area contributed by atoms with Crippen LogP contribution in [0.4, 0.5) is 0 Å². The summed E-state index contributed by atoms with van der Waals surface area (Å²) in [5.41, 5.74) is 6.55. The van der Waals surface area contributed by atoms with E-state index in [1.165, 1.54) is 7.11 Å². The molecule has 0 aromatic heterocycles. The van der Waals surface area contributed by atoms with E-state index < -0.39 is 0 Å². The Bertz CT molecular complexity index is 337. The van der Waals surface area contributed by atoms with Gasteiger partial charge in [0, 0.05) is 6.04 Å². The fraction of sp³-hybridized carbons (Fsp3) is 0.455. The van der Waals surface area contributed by atoms with E-state index >= 15 is 0 Å². The molecule has 1 unspecified atom stereocenters. The van der Waals surface area contributed by atoms with Crippen molar-refractivity contribution in [1.82, 2.24) is 0 Å². The zero-order chi connectivity index (χ0) is 11.4. The lowest BCUT2D eigenvalue weighted by Gasteiger charge is -2.14. The van der Waals surface area contributed by atoms with Crippen LogP contribution in [-0.4, -0.2) is 18.8 Å². The standard InChI is InChI=1S/C11H17NO3/c1-4-15-10-6-8(7(2)12)5-9(13)11(10)14-3/h5-7,13H,4,12H2,1-3H3. The molecule has 0 aliphatic carbocycles. The number of benzene rings is 1. The van der Waals surface area contributed by atoms with Crippen molar-refractivity contribution in [2.45, 2.75) is 19.9 Å². The summed E-state index contributed by atoms with van der Waals surface area (Å²) in [7, 11) is 1.49. The van der Waals surface area contributed by atoms with Crippen molar-refractivity contribution in [2.24, 2.45) is 5.73 Å². The SMILES string of the molecule is CCOc1cc(C(C)N)cc(O)c1OC. The average Bonchev–Trinajstić information content (AvgIpc) is 2.17. The molecule has 0 saturated heterocycles. The second-order valence-electron chi connectivity index (χ2n) is 3.29. The van der Waals surface area contributed by atoms with Crippen LogP contribution < -0.4 is 15.2 Å². The Morgan fingerprint density at radius 2 is 2.13 bits per heavy atom. The van der Waals surface area contributed by atoms with Gasteiger partial charge in [0.15, 0.2) is 11.5 Å². The molecule has 0 aliphatic rings.